The molecule has 0 spiro atoms. The van der Waals surface area contributed by atoms with E-state index in [2.05, 4.69) is 41.5 Å². The molecule has 1 aliphatic rings. The Kier molecular flexibility index (Phi) is 13.8. The van der Waals surface area contributed by atoms with Crippen molar-refractivity contribution in [2.24, 2.45) is 5.73 Å². The van der Waals surface area contributed by atoms with Crippen molar-refractivity contribution in [1.82, 2.24) is 25.6 Å². The molecule has 3 aromatic carbocycles. The maximum atomic E-state index is 13.1. The van der Waals surface area contributed by atoms with Gasteiger partial charge in [-0.1, -0.05) is 35.9 Å². The second-order valence-corrected chi connectivity index (χ2v) is 13.4. The molecule has 16 nitrogen and oxygen atoms in total. The van der Waals surface area contributed by atoms with Gasteiger partial charge in [0, 0.05) is 28.5 Å². The highest BCUT2D eigenvalue weighted by molar-refractivity contribution is 6.39. The van der Waals surface area contributed by atoms with Gasteiger partial charge in [-0.3, -0.25) is 14.4 Å². The van der Waals surface area contributed by atoms with E-state index in [4.69, 9.17) is 26.8 Å². The number of aromatic nitrogens is 3. The van der Waals surface area contributed by atoms with Crippen molar-refractivity contribution < 1.29 is 46.9 Å². The summed E-state index contributed by atoms with van der Waals surface area (Å²) < 4.78 is 48.5. The topological polar surface area (TPSA) is 232 Å². The molecule has 302 valence electrons. The van der Waals surface area contributed by atoms with E-state index in [-0.39, 0.29) is 30.4 Å². The first-order chi connectivity index (χ1) is 27.1. The highest BCUT2D eigenvalue weighted by Gasteiger charge is 2.45. The fraction of sp³-hybridized carbons (Fsp3) is 0.324. The van der Waals surface area contributed by atoms with Gasteiger partial charge in [0.25, 0.3) is 5.91 Å². The number of benzene rings is 3. The predicted molar refractivity (Wildman–Crippen MR) is 202 cm³/mol. The number of aryl methyl sites for hydroxylation is 1. The van der Waals surface area contributed by atoms with Crippen molar-refractivity contribution in [2.75, 3.05) is 36.2 Å². The molecule has 0 bridgehead atoms. The maximum absolute atomic E-state index is 13.1. The van der Waals surface area contributed by atoms with Gasteiger partial charge in [-0.05, 0) is 91.8 Å². The number of nitrogens with one attached hydrogen (secondary N) is 5. The summed E-state index contributed by atoms with van der Waals surface area (Å²) in [4.78, 5) is 62.9. The first-order valence-electron chi connectivity index (χ1n) is 17.5. The molecule has 0 saturated heterocycles. The molecule has 0 radical (unpaired) electrons. The Morgan fingerprint density at radius 2 is 1.63 bits per heavy atom. The van der Waals surface area contributed by atoms with Gasteiger partial charge in [0.2, 0.25) is 11.9 Å². The van der Waals surface area contributed by atoms with Crippen LogP contribution in [0.4, 0.5) is 36.4 Å². The van der Waals surface area contributed by atoms with E-state index in [1.54, 1.807) is 36.4 Å². The Bertz CT molecular complexity index is 2050. The number of aliphatic hydroxyl groups excluding tert-OH is 1. The largest absolute Gasteiger partial charge is 0.467 e. The molecule has 1 aliphatic carbocycles. The van der Waals surface area contributed by atoms with Gasteiger partial charge >= 0.3 is 30.0 Å². The van der Waals surface area contributed by atoms with Gasteiger partial charge < -0.3 is 46.9 Å². The van der Waals surface area contributed by atoms with Crippen LogP contribution < -0.4 is 37.1 Å². The minimum atomic E-state index is -4.64. The molecule has 4 aromatic rings. The number of hydrogen-bond donors (Lipinski definition) is 7. The van der Waals surface area contributed by atoms with Crippen LogP contribution in [0.3, 0.4) is 0 Å². The molecule has 1 unspecified atom stereocenters. The van der Waals surface area contributed by atoms with Crippen LogP contribution in [0.25, 0.3) is 0 Å². The number of nitrogens with two attached hydrogens (primary N) is 1. The third-order valence-corrected chi connectivity index (χ3v) is 8.76. The molecule has 1 aromatic heterocycles. The standard InChI is InChI=1S/C37H39ClF3N9O7/c1-56-32(55)27(15-18-43-30(53)31(54)44-26-4-2-3-21(19-26)5-14-28(42)51)46-29(52)22-6-12-25(13-7-22)45-33-47-34(49-35(48-33)57-20-37(39,40)41)50-36(16-17-36)23-8-10-24(38)11-9-23/h2-4,6-13,19,27-28,51H,5,14-18,20,42H2,1H3,(H,43,53)(H,44,54)(H,46,52)(H2,45,47,48,49,50)/t27-,28?/m0/s1. The molecule has 20 heteroatoms. The highest BCUT2D eigenvalue weighted by Crippen LogP contribution is 2.48. The van der Waals surface area contributed by atoms with E-state index in [0.717, 1.165) is 18.2 Å². The summed E-state index contributed by atoms with van der Waals surface area (Å²) >= 11 is 6.03. The number of carbonyl (C=O) groups is 4. The van der Waals surface area contributed by atoms with Crippen LogP contribution in [0, 0.1) is 0 Å². The number of esters is 1. The lowest BCUT2D eigenvalue weighted by Crippen LogP contribution is -2.44. The van der Waals surface area contributed by atoms with E-state index < -0.39 is 60.3 Å². The fourth-order valence-electron chi connectivity index (χ4n) is 5.46. The van der Waals surface area contributed by atoms with Crippen molar-refractivity contribution in [3.63, 3.8) is 0 Å². The number of carbonyl (C=O) groups excluding carboxylic acids is 4. The van der Waals surface area contributed by atoms with Crippen molar-refractivity contribution in [3.05, 3.63) is 94.5 Å². The summed E-state index contributed by atoms with van der Waals surface area (Å²) in [7, 11) is 1.13. The average Bonchev–Trinajstić information content (AvgIpc) is 3.95. The Labute approximate surface area is 329 Å². The van der Waals surface area contributed by atoms with Crippen LogP contribution in [-0.4, -0.2) is 82.5 Å². The number of anilines is 4. The number of halogens is 4. The second kappa shape index (κ2) is 18.7. The SMILES string of the molecule is COC(=O)[C@H](CCNC(=O)C(=O)Nc1cccc(CCC(N)O)c1)NC(=O)c1ccc(Nc2nc(NC3(c4ccc(Cl)cc4)CC3)nc(OCC(F)(F)F)n2)cc1. The molecule has 5 rings (SSSR count). The number of alkyl halides is 3. The van der Waals surface area contributed by atoms with Crippen LogP contribution in [0.1, 0.15) is 47.2 Å². The van der Waals surface area contributed by atoms with E-state index >= 15 is 0 Å². The minimum absolute atomic E-state index is 0.0372. The molecule has 57 heavy (non-hydrogen) atoms. The summed E-state index contributed by atoms with van der Waals surface area (Å²) in [6.07, 6.45) is -3.59. The Balaban J connectivity index is 1.18. The van der Waals surface area contributed by atoms with Crippen molar-refractivity contribution >= 4 is 58.6 Å². The molecule has 8 N–H and O–H groups in total. The first kappa shape index (κ1) is 42.1. The van der Waals surface area contributed by atoms with Gasteiger partial charge in [0.05, 0.1) is 12.6 Å². The molecule has 0 aliphatic heterocycles. The van der Waals surface area contributed by atoms with Gasteiger partial charge in [0.1, 0.15) is 12.3 Å². The van der Waals surface area contributed by atoms with Crippen LogP contribution in [-0.2, 0) is 31.1 Å². The number of ether oxygens (including phenoxy) is 2. The number of aliphatic hydroxyl groups is 1. The van der Waals surface area contributed by atoms with Gasteiger partial charge in [-0.25, -0.2) is 4.79 Å². The lowest BCUT2D eigenvalue weighted by molar-refractivity contribution is -0.154. The Morgan fingerprint density at radius 3 is 2.28 bits per heavy atom. The van der Waals surface area contributed by atoms with Crippen molar-refractivity contribution in [1.29, 1.82) is 0 Å². The predicted octanol–water partition coefficient (Wildman–Crippen LogP) is 3.94. The minimum Gasteiger partial charge on any atom is -0.467 e. The molecular weight excluding hydrogens is 775 g/mol. The average molecular weight is 814 g/mol. The zero-order valence-electron chi connectivity index (χ0n) is 30.4. The Morgan fingerprint density at radius 1 is 0.930 bits per heavy atom. The third kappa shape index (κ3) is 12.7. The number of nitrogens with zero attached hydrogens (tertiary/aromatic N) is 3. The smallest absolute Gasteiger partial charge is 0.422 e. The normalized spacial score (nSPS) is 14.0. The maximum Gasteiger partial charge on any atom is 0.422 e. The number of rotatable bonds is 17. The molecule has 3 amide bonds. The zero-order chi connectivity index (χ0) is 41.2. The highest BCUT2D eigenvalue weighted by atomic mass is 35.5. The van der Waals surface area contributed by atoms with E-state index in [9.17, 15) is 37.5 Å². The lowest BCUT2D eigenvalue weighted by atomic mass is 10.1. The van der Waals surface area contributed by atoms with E-state index in [0.29, 0.717) is 42.1 Å². The van der Waals surface area contributed by atoms with Crippen LogP contribution in [0.5, 0.6) is 6.01 Å². The van der Waals surface area contributed by atoms with Crippen LogP contribution in [0.2, 0.25) is 5.02 Å². The fourth-order valence-corrected chi connectivity index (χ4v) is 5.58. The summed E-state index contributed by atoms with van der Waals surface area (Å²) in [6, 6.07) is 17.8. The Hall–Kier alpha value is -6.05. The number of hydrogen-bond acceptors (Lipinski definition) is 13. The van der Waals surface area contributed by atoms with Crippen LogP contribution >= 0.6 is 11.6 Å². The molecule has 2 atom stereocenters. The quantitative estimate of drug-likeness (QED) is 0.0456. The molecule has 1 saturated carbocycles. The summed E-state index contributed by atoms with van der Waals surface area (Å²) in [5.74, 6) is -3.60. The zero-order valence-corrected chi connectivity index (χ0v) is 31.1. The van der Waals surface area contributed by atoms with Crippen LogP contribution in [0.15, 0.2) is 72.8 Å². The second-order valence-electron chi connectivity index (χ2n) is 12.9. The number of methoxy groups -OCH3 is 1. The monoisotopic (exact) mass is 813 g/mol. The van der Waals surface area contributed by atoms with Crippen molar-refractivity contribution in [2.45, 2.75) is 56.1 Å². The summed E-state index contributed by atoms with van der Waals surface area (Å²) in [5.41, 5.74) is 7.30. The van der Waals surface area contributed by atoms with Gasteiger partial charge in [-0.15, -0.1) is 0 Å². The summed E-state index contributed by atoms with van der Waals surface area (Å²) in [6.45, 7) is -1.81. The molecular formula is C37H39ClF3N9O7. The van der Waals surface area contributed by atoms with E-state index in [1.165, 1.54) is 24.3 Å². The summed E-state index contributed by atoms with van der Waals surface area (Å²) in [5, 5.41) is 23.3. The van der Waals surface area contributed by atoms with Crippen molar-refractivity contribution in [3.8, 4) is 6.01 Å². The lowest BCUT2D eigenvalue weighted by Gasteiger charge is -2.19. The number of amides is 3. The third-order valence-electron chi connectivity index (χ3n) is 8.51. The first-order valence-corrected chi connectivity index (χ1v) is 17.9. The van der Waals surface area contributed by atoms with Gasteiger partial charge in [-0.2, -0.15) is 28.1 Å². The van der Waals surface area contributed by atoms with E-state index in [1.807, 2.05) is 12.1 Å². The molecule has 1 heterocycles. The molecule has 1 fully saturated rings. The van der Waals surface area contributed by atoms with Gasteiger partial charge in [0.15, 0.2) is 6.61 Å².